The van der Waals surface area contributed by atoms with E-state index in [1.54, 1.807) is 4.57 Å². The Labute approximate surface area is 165 Å². The molecule has 1 atom stereocenters. The van der Waals surface area contributed by atoms with E-state index in [1.807, 2.05) is 36.7 Å². The van der Waals surface area contributed by atoms with Crippen LogP contribution >= 0.6 is 0 Å². The minimum atomic E-state index is -4.75. The smallest absolute Gasteiger partial charge is 0.406 e. The molecular formula is C22H18F3N2O2+. The van der Waals surface area contributed by atoms with Gasteiger partial charge in [0.15, 0.2) is 12.4 Å². The first kappa shape index (κ1) is 19.0. The third-order valence-corrected chi connectivity index (χ3v) is 4.79. The average molecular weight is 399 g/mol. The Balaban J connectivity index is 1.43. The van der Waals surface area contributed by atoms with Crippen molar-refractivity contribution < 1.29 is 27.3 Å². The quantitative estimate of drug-likeness (QED) is 0.509. The Hall–Kier alpha value is -3.35. The highest BCUT2D eigenvalue weighted by Crippen LogP contribution is 2.32. The maximum absolute atomic E-state index is 12.5. The second-order valence-corrected chi connectivity index (χ2v) is 6.86. The largest absolute Gasteiger partial charge is 0.573 e. The predicted molar refractivity (Wildman–Crippen MR) is 101 cm³/mol. The van der Waals surface area contributed by atoms with Crippen LogP contribution in [0.2, 0.25) is 0 Å². The number of carbonyl (C=O) groups excluding carboxylic acids is 1. The van der Waals surface area contributed by atoms with Gasteiger partial charge in [-0.2, -0.15) is 4.57 Å². The molecule has 0 saturated carbocycles. The van der Waals surface area contributed by atoms with E-state index in [4.69, 9.17) is 0 Å². The van der Waals surface area contributed by atoms with Gasteiger partial charge in [0.1, 0.15) is 5.75 Å². The second kappa shape index (κ2) is 7.58. The molecule has 0 radical (unpaired) electrons. The van der Waals surface area contributed by atoms with Gasteiger partial charge in [0, 0.05) is 29.3 Å². The number of carbonyl (C=O) groups is 1. The lowest BCUT2D eigenvalue weighted by Crippen LogP contribution is -2.37. The third-order valence-electron chi connectivity index (χ3n) is 4.79. The molecule has 2 heterocycles. The summed E-state index contributed by atoms with van der Waals surface area (Å²) in [5, 5.41) is 3.48. The summed E-state index contributed by atoms with van der Waals surface area (Å²) in [6.07, 6.45) is -0.183. The molecule has 1 aromatic heterocycles. The molecule has 1 unspecified atom stereocenters. The topological polar surface area (TPSA) is 42.2 Å². The third kappa shape index (κ3) is 4.56. The van der Waals surface area contributed by atoms with Gasteiger partial charge in [-0.25, -0.2) is 0 Å². The maximum Gasteiger partial charge on any atom is 0.573 e. The van der Waals surface area contributed by atoms with E-state index >= 15 is 0 Å². The van der Waals surface area contributed by atoms with Crippen molar-refractivity contribution in [2.24, 2.45) is 0 Å². The molecule has 4 rings (SSSR count). The highest BCUT2D eigenvalue weighted by Gasteiger charge is 2.31. The Bertz CT molecular complexity index is 1020. The number of ether oxygens (including phenoxy) is 1. The minimum Gasteiger partial charge on any atom is -0.406 e. The zero-order valence-electron chi connectivity index (χ0n) is 15.3. The molecule has 0 fully saturated rings. The minimum absolute atomic E-state index is 0.1000. The molecule has 7 heteroatoms. The maximum atomic E-state index is 12.5. The highest BCUT2D eigenvalue weighted by molar-refractivity contribution is 5.95. The summed E-state index contributed by atoms with van der Waals surface area (Å²) < 4.78 is 42.3. The molecule has 0 saturated heterocycles. The number of aromatic nitrogens is 1. The van der Waals surface area contributed by atoms with E-state index in [9.17, 15) is 18.0 Å². The van der Waals surface area contributed by atoms with Crippen molar-refractivity contribution >= 4 is 11.5 Å². The highest BCUT2D eigenvalue weighted by atomic mass is 19.4. The number of ketones is 1. The number of anilines is 1. The fraction of sp³-hybridized carbons (Fsp3) is 0.182. The number of rotatable bonds is 5. The Morgan fingerprint density at radius 1 is 1.07 bits per heavy atom. The van der Waals surface area contributed by atoms with Gasteiger partial charge in [-0.15, -0.1) is 13.2 Å². The number of nitrogens with one attached hydrogen (secondary N) is 1. The number of alkyl halides is 3. The molecule has 0 spiro atoms. The first-order valence-corrected chi connectivity index (χ1v) is 9.10. The van der Waals surface area contributed by atoms with Crippen molar-refractivity contribution in [2.45, 2.75) is 25.4 Å². The van der Waals surface area contributed by atoms with Crippen LogP contribution in [0.3, 0.4) is 0 Å². The summed E-state index contributed by atoms with van der Waals surface area (Å²) >= 11 is 0. The van der Waals surface area contributed by atoms with E-state index in [-0.39, 0.29) is 24.1 Å². The predicted octanol–water partition coefficient (Wildman–Crippen LogP) is 4.46. The van der Waals surface area contributed by atoms with Crippen LogP contribution in [0, 0.1) is 0 Å². The Kier molecular flexibility index (Phi) is 4.96. The van der Waals surface area contributed by atoms with Gasteiger partial charge in [-0.1, -0.05) is 30.3 Å². The monoisotopic (exact) mass is 399 g/mol. The second-order valence-electron chi connectivity index (χ2n) is 6.86. The first-order chi connectivity index (χ1) is 13.9. The zero-order chi connectivity index (χ0) is 20.4. The Morgan fingerprint density at radius 3 is 2.48 bits per heavy atom. The van der Waals surface area contributed by atoms with Crippen molar-refractivity contribution in [1.82, 2.24) is 0 Å². The van der Waals surface area contributed by atoms with Crippen LogP contribution in [-0.4, -0.2) is 12.1 Å². The molecule has 148 valence electrons. The van der Waals surface area contributed by atoms with Crippen LogP contribution in [0.1, 0.15) is 27.5 Å². The number of benzene rings is 2. The molecule has 4 nitrogen and oxygen atoms in total. The molecule has 29 heavy (non-hydrogen) atoms. The number of hydrogen-bond acceptors (Lipinski definition) is 3. The SMILES string of the molecule is O=C(C[n+]1ccc2c(c1)CC(c1ccccc1)N2)c1ccc(OC(F)(F)F)cc1. The first-order valence-electron chi connectivity index (χ1n) is 9.10. The van der Waals surface area contributed by atoms with E-state index in [2.05, 4.69) is 22.2 Å². The lowest BCUT2D eigenvalue weighted by atomic mass is 10.0. The van der Waals surface area contributed by atoms with Crippen molar-refractivity contribution in [3.8, 4) is 5.75 Å². The number of nitrogens with zero attached hydrogens (tertiary/aromatic N) is 1. The molecule has 1 N–H and O–H groups in total. The Morgan fingerprint density at radius 2 is 1.79 bits per heavy atom. The van der Waals surface area contributed by atoms with E-state index < -0.39 is 6.36 Å². The molecule has 1 aliphatic heterocycles. The van der Waals surface area contributed by atoms with Crippen LogP contribution in [0.25, 0.3) is 0 Å². The lowest BCUT2D eigenvalue weighted by Gasteiger charge is -2.10. The van der Waals surface area contributed by atoms with Crippen molar-refractivity contribution in [2.75, 3.05) is 5.32 Å². The van der Waals surface area contributed by atoms with Crippen LogP contribution < -0.4 is 14.6 Å². The van der Waals surface area contributed by atoms with Gasteiger partial charge in [0.25, 0.3) is 0 Å². The summed E-state index contributed by atoms with van der Waals surface area (Å²) in [5.74, 6) is -0.545. The van der Waals surface area contributed by atoms with Gasteiger partial charge >= 0.3 is 6.36 Å². The van der Waals surface area contributed by atoms with Gasteiger partial charge in [-0.3, -0.25) is 4.79 Å². The van der Waals surface area contributed by atoms with Crippen molar-refractivity contribution in [3.05, 3.63) is 89.7 Å². The number of pyridine rings is 1. The van der Waals surface area contributed by atoms with Crippen molar-refractivity contribution in [3.63, 3.8) is 0 Å². The molecule has 2 aromatic carbocycles. The summed E-state index contributed by atoms with van der Waals surface area (Å²) in [4.78, 5) is 12.5. The summed E-state index contributed by atoms with van der Waals surface area (Å²) in [6.45, 7) is 0.1000. The number of hydrogen-bond donors (Lipinski definition) is 1. The lowest BCUT2D eigenvalue weighted by molar-refractivity contribution is -0.683. The van der Waals surface area contributed by atoms with Gasteiger partial charge in [0.2, 0.25) is 12.3 Å². The van der Waals surface area contributed by atoms with E-state index in [0.29, 0.717) is 5.56 Å². The van der Waals surface area contributed by atoms with Crippen LogP contribution in [-0.2, 0) is 13.0 Å². The molecule has 0 bridgehead atoms. The number of halogens is 3. The molecule has 3 aromatic rings. The van der Waals surface area contributed by atoms with E-state index in [1.165, 1.54) is 17.7 Å². The summed E-state index contributed by atoms with van der Waals surface area (Å²) in [6, 6.07) is 17.2. The number of Topliss-reactive ketones (excluding diaryl/α,β-unsaturated/α-hetero) is 1. The van der Waals surface area contributed by atoms with Gasteiger partial charge < -0.3 is 10.1 Å². The normalized spacial score (nSPS) is 15.5. The summed E-state index contributed by atoms with van der Waals surface area (Å²) in [5.41, 5.74) is 3.68. The fourth-order valence-electron chi connectivity index (χ4n) is 3.44. The van der Waals surface area contributed by atoms with E-state index in [0.717, 1.165) is 29.8 Å². The van der Waals surface area contributed by atoms with Crippen LogP contribution in [0.15, 0.2) is 73.1 Å². The van der Waals surface area contributed by atoms with Gasteiger partial charge in [0.05, 0.1) is 6.04 Å². The average Bonchev–Trinajstić information content (AvgIpc) is 3.11. The van der Waals surface area contributed by atoms with Gasteiger partial charge in [-0.05, 0) is 29.8 Å². The zero-order valence-corrected chi connectivity index (χ0v) is 15.3. The standard InChI is InChI=1S/C22H17F3N2O2/c23-22(24,25)29-18-8-6-16(7-9-18)21(28)14-27-11-10-19-17(13-27)12-20(26-19)15-4-2-1-3-5-15/h1-11,13,20H,12,14H2/p+1. The molecular weight excluding hydrogens is 381 g/mol. The number of fused-ring (bicyclic) bond motifs is 1. The molecule has 0 aliphatic carbocycles. The molecule has 1 aliphatic rings. The molecule has 0 amide bonds. The van der Waals surface area contributed by atoms with Crippen LogP contribution in [0.5, 0.6) is 5.75 Å². The van der Waals surface area contributed by atoms with Crippen molar-refractivity contribution in [1.29, 1.82) is 0 Å². The fourth-order valence-corrected chi connectivity index (χ4v) is 3.44. The van der Waals surface area contributed by atoms with Crippen LogP contribution in [0.4, 0.5) is 18.9 Å². The summed E-state index contributed by atoms with van der Waals surface area (Å²) in [7, 11) is 0.